The van der Waals surface area contributed by atoms with Gasteiger partial charge >= 0.3 is 7.12 Å². The minimum atomic E-state index is -1.43. The van der Waals surface area contributed by atoms with Gasteiger partial charge in [0.05, 0.1) is 6.61 Å². The molecule has 116 valence electrons. The monoisotopic (exact) mass is 293 g/mol. The fraction of sp³-hybridized carbons (Fsp3) is 0.600. The Labute approximate surface area is 126 Å². The van der Waals surface area contributed by atoms with E-state index < -0.39 is 7.12 Å². The molecule has 2 rings (SSSR count). The third kappa shape index (κ3) is 6.48. The Hall–Kier alpha value is -1.08. The van der Waals surface area contributed by atoms with Crippen molar-refractivity contribution in [1.82, 2.24) is 4.90 Å². The lowest BCUT2D eigenvalue weighted by Gasteiger charge is -2.17. The van der Waals surface area contributed by atoms with Crippen molar-refractivity contribution in [2.24, 2.45) is 5.92 Å². The maximum atomic E-state index is 9.00. The maximum Gasteiger partial charge on any atom is 0.488 e. The first kappa shape index (κ1) is 16.3. The molecule has 0 aromatic heterocycles. The molecule has 0 heterocycles. The molecule has 1 aromatic carbocycles. The van der Waals surface area contributed by atoms with Crippen molar-refractivity contribution in [2.45, 2.75) is 12.8 Å². The van der Waals surface area contributed by atoms with Crippen LogP contribution in [0.5, 0.6) is 5.75 Å². The quantitative estimate of drug-likeness (QED) is 0.473. The van der Waals surface area contributed by atoms with Crippen LogP contribution < -0.4 is 10.2 Å². The number of benzene rings is 1. The van der Waals surface area contributed by atoms with Crippen LogP contribution in [-0.4, -0.2) is 62.0 Å². The van der Waals surface area contributed by atoms with Gasteiger partial charge in [-0.2, -0.15) is 0 Å². The molecular formula is C15H24BNO4. The zero-order valence-electron chi connectivity index (χ0n) is 12.6. The van der Waals surface area contributed by atoms with E-state index in [4.69, 9.17) is 19.5 Å². The molecule has 0 spiro atoms. The molecule has 0 amide bonds. The number of ether oxygens (including phenoxy) is 2. The molecule has 2 N–H and O–H groups in total. The molecule has 1 aliphatic carbocycles. The van der Waals surface area contributed by atoms with E-state index in [9.17, 15) is 0 Å². The molecule has 1 aromatic rings. The van der Waals surface area contributed by atoms with Crippen molar-refractivity contribution < 1.29 is 19.5 Å². The summed E-state index contributed by atoms with van der Waals surface area (Å²) >= 11 is 0. The van der Waals surface area contributed by atoms with E-state index in [1.807, 2.05) is 0 Å². The Kier molecular flexibility index (Phi) is 6.51. The van der Waals surface area contributed by atoms with E-state index in [0.29, 0.717) is 12.1 Å². The predicted octanol–water partition coefficient (Wildman–Crippen LogP) is 0.104. The molecule has 0 atom stereocenters. The van der Waals surface area contributed by atoms with Gasteiger partial charge in [0.2, 0.25) is 0 Å². The molecule has 0 unspecified atom stereocenters. The van der Waals surface area contributed by atoms with Crippen molar-refractivity contribution in [1.29, 1.82) is 0 Å². The van der Waals surface area contributed by atoms with Crippen LogP contribution in [0.1, 0.15) is 12.8 Å². The highest BCUT2D eigenvalue weighted by Gasteiger charge is 2.20. The van der Waals surface area contributed by atoms with Gasteiger partial charge in [0.25, 0.3) is 0 Å². The SMILES string of the molecule is CN(CCOCC1CC1)CCOc1ccc(B(O)O)cc1. The average Bonchev–Trinajstić information content (AvgIpc) is 3.28. The van der Waals surface area contributed by atoms with Gasteiger partial charge in [0.1, 0.15) is 12.4 Å². The minimum absolute atomic E-state index is 0.465. The molecule has 0 aliphatic heterocycles. The summed E-state index contributed by atoms with van der Waals surface area (Å²) in [7, 11) is 0.621. The Bertz CT molecular complexity index is 409. The second-order valence-electron chi connectivity index (χ2n) is 5.61. The lowest BCUT2D eigenvalue weighted by molar-refractivity contribution is 0.0992. The number of hydrogen-bond donors (Lipinski definition) is 2. The van der Waals surface area contributed by atoms with Gasteiger partial charge in [-0.15, -0.1) is 0 Å². The Balaban J connectivity index is 1.54. The van der Waals surface area contributed by atoms with Crippen LogP contribution in [0.25, 0.3) is 0 Å². The molecule has 21 heavy (non-hydrogen) atoms. The van der Waals surface area contributed by atoms with Gasteiger partial charge in [-0.05, 0) is 43.4 Å². The van der Waals surface area contributed by atoms with E-state index >= 15 is 0 Å². The Morgan fingerprint density at radius 1 is 1.14 bits per heavy atom. The first-order chi connectivity index (χ1) is 10.1. The molecule has 0 bridgehead atoms. The van der Waals surface area contributed by atoms with Gasteiger partial charge in [-0.25, -0.2) is 0 Å². The van der Waals surface area contributed by atoms with Crippen molar-refractivity contribution in [2.75, 3.05) is 40.0 Å². The third-order valence-corrected chi connectivity index (χ3v) is 3.59. The first-order valence-electron chi connectivity index (χ1n) is 7.50. The summed E-state index contributed by atoms with van der Waals surface area (Å²) in [5.74, 6) is 1.55. The molecule has 6 heteroatoms. The summed E-state index contributed by atoms with van der Waals surface area (Å²) in [5.41, 5.74) is 0.465. The maximum absolute atomic E-state index is 9.00. The standard InChI is InChI=1S/C15H24BNO4/c1-17(8-10-20-12-13-2-3-13)9-11-21-15-6-4-14(5-7-15)16(18)19/h4-7,13,18-19H,2-3,8-12H2,1H3. The van der Waals surface area contributed by atoms with Gasteiger partial charge in [0.15, 0.2) is 0 Å². The minimum Gasteiger partial charge on any atom is -0.492 e. The first-order valence-corrected chi connectivity index (χ1v) is 7.50. The van der Waals surface area contributed by atoms with Crippen LogP contribution in [0, 0.1) is 5.92 Å². The summed E-state index contributed by atoms with van der Waals surface area (Å²) < 4.78 is 11.2. The molecule has 0 radical (unpaired) electrons. The summed E-state index contributed by atoms with van der Waals surface area (Å²) in [6, 6.07) is 6.78. The second-order valence-corrected chi connectivity index (χ2v) is 5.61. The molecule has 1 fully saturated rings. The van der Waals surface area contributed by atoms with Crippen LogP contribution in [-0.2, 0) is 4.74 Å². The molecule has 1 aliphatic rings. The van der Waals surface area contributed by atoms with Crippen LogP contribution >= 0.6 is 0 Å². The zero-order valence-corrected chi connectivity index (χ0v) is 12.6. The second kappa shape index (κ2) is 8.39. The summed E-state index contributed by atoms with van der Waals surface area (Å²) in [5, 5.41) is 18.0. The van der Waals surface area contributed by atoms with Crippen LogP contribution in [0.2, 0.25) is 0 Å². The summed E-state index contributed by atoms with van der Waals surface area (Å²) in [6.45, 7) is 4.02. The molecule has 0 saturated heterocycles. The third-order valence-electron chi connectivity index (χ3n) is 3.59. The smallest absolute Gasteiger partial charge is 0.488 e. The van der Waals surface area contributed by atoms with Gasteiger partial charge < -0.3 is 24.4 Å². The van der Waals surface area contributed by atoms with E-state index in [1.165, 1.54) is 12.8 Å². The van der Waals surface area contributed by atoms with Gasteiger partial charge in [-0.3, -0.25) is 0 Å². The van der Waals surface area contributed by atoms with Crippen molar-refractivity contribution in [3.05, 3.63) is 24.3 Å². The lowest BCUT2D eigenvalue weighted by atomic mass is 9.80. The van der Waals surface area contributed by atoms with E-state index in [1.54, 1.807) is 24.3 Å². The van der Waals surface area contributed by atoms with Crippen LogP contribution in [0.15, 0.2) is 24.3 Å². The summed E-state index contributed by atoms with van der Waals surface area (Å²) in [6.07, 6.45) is 2.66. The predicted molar refractivity (Wildman–Crippen MR) is 82.8 cm³/mol. The zero-order chi connectivity index (χ0) is 15.1. The number of likely N-dealkylation sites (N-methyl/N-ethyl adjacent to an activating group) is 1. The van der Waals surface area contributed by atoms with Crippen molar-refractivity contribution in [3.8, 4) is 5.75 Å². The van der Waals surface area contributed by atoms with Crippen molar-refractivity contribution >= 4 is 12.6 Å². The van der Waals surface area contributed by atoms with Crippen LogP contribution in [0.4, 0.5) is 0 Å². The highest BCUT2D eigenvalue weighted by Crippen LogP contribution is 2.28. The lowest BCUT2D eigenvalue weighted by Crippen LogP contribution is -2.29. The molecule has 1 saturated carbocycles. The number of hydrogen-bond acceptors (Lipinski definition) is 5. The highest BCUT2D eigenvalue weighted by atomic mass is 16.5. The number of nitrogens with zero attached hydrogens (tertiary/aromatic N) is 1. The Morgan fingerprint density at radius 2 is 1.81 bits per heavy atom. The molecular weight excluding hydrogens is 269 g/mol. The number of rotatable bonds is 10. The average molecular weight is 293 g/mol. The highest BCUT2D eigenvalue weighted by molar-refractivity contribution is 6.58. The van der Waals surface area contributed by atoms with Gasteiger partial charge in [0, 0.05) is 19.7 Å². The molecule has 5 nitrogen and oxygen atoms in total. The fourth-order valence-corrected chi connectivity index (χ4v) is 1.92. The van der Waals surface area contributed by atoms with Crippen LogP contribution in [0.3, 0.4) is 0 Å². The fourth-order valence-electron chi connectivity index (χ4n) is 1.92. The normalized spacial score (nSPS) is 14.5. The van der Waals surface area contributed by atoms with E-state index in [-0.39, 0.29) is 0 Å². The Morgan fingerprint density at radius 3 is 2.43 bits per heavy atom. The van der Waals surface area contributed by atoms with Crippen molar-refractivity contribution in [3.63, 3.8) is 0 Å². The van der Waals surface area contributed by atoms with Gasteiger partial charge in [-0.1, -0.05) is 12.1 Å². The topological polar surface area (TPSA) is 62.2 Å². The van der Waals surface area contributed by atoms with E-state index in [2.05, 4.69) is 11.9 Å². The summed E-state index contributed by atoms with van der Waals surface area (Å²) in [4.78, 5) is 2.18. The largest absolute Gasteiger partial charge is 0.492 e. The van der Waals surface area contributed by atoms with E-state index in [0.717, 1.165) is 38.0 Å².